The minimum atomic E-state index is -1.82. The number of carboxylic acid groups (broad SMARTS) is 2. The zero-order valence-corrected chi connectivity index (χ0v) is 13.4. The van der Waals surface area contributed by atoms with Crippen LogP contribution >= 0.6 is 11.3 Å². The highest BCUT2D eigenvalue weighted by molar-refractivity contribution is 7.09. The zero-order valence-electron chi connectivity index (χ0n) is 12.6. The largest absolute Gasteiger partial charge is 0.473 e. The van der Waals surface area contributed by atoms with Gasteiger partial charge in [0.1, 0.15) is 0 Å². The minimum Gasteiger partial charge on any atom is -0.473 e. The maximum Gasteiger partial charge on any atom is 0.414 e. The number of rotatable bonds is 3. The summed E-state index contributed by atoms with van der Waals surface area (Å²) in [5.41, 5.74) is 1.16. The molecule has 0 spiro atoms. The molecule has 2 aromatic heterocycles. The van der Waals surface area contributed by atoms with Gasteiger partial charge < -0.3 is 14.7 Å². The number of carboxylic acids is 2. The van der Waals surface area contributed by atoms with Crippen LogP contribution < -0.4 is 0 Å². The van der Waals surface area contributed by atoms with E-state index in [1.54, 1.807) is 11.3 Å². The molecule has 0 aliphatic carbocycles. The van der Waals surface area contributed by atoms with E-state index in [-0.39, 0.29) is 0 Å². The predicted molar refractivity (Wildman–Crippen MR) is 79.2 cm³/mol. The average molecular weight is 340 g/mol. The Labute approximate surface area is 135 Å². The van der Waals surface area contributed by atoms with Gasteiger partial charge in [0.25, 0.3) is 0 Å². The number of hydrogen-bond donors (Lipinski definition) is 2. The fourth-order valence-electron chi connectivity index (χ4n) is 2.04. The summed E-state index contributed by atoms with van der Waals surface area (Å²) in [6, 6.07) is 0. The standard InChI is InChI=1S/C11H14N4OS.C2H2O4/c1-7-12-11(16-14-7)9-3-15(4-9)5-10-6-17-8(2)13-10;3-1(4)2(5)6/h6,9H,3-5H2,1-2H3;(H,3,4)(H,5,6). The Kier molecular flexibility index (Phi) is 5.40. The van der Waals surface area contributed by atoms with Crippen LogP contribution in [0.2, 0.25) is 0 Å². The third kappa shape index (κ3) is 4.83. The third-order valence-corrected chi connectivity index (χ3v) is 3.91. The van der Waals surface area contributed by atoms with Crippen molar-refractivity contribution in [3.05, 3.63) is 27.8 Å². The maximum atomic E-state index is 9.10. The highest BCUT2D eigenvalue weighted by atomic mass is 32.1. The number of aromatic nitrogens is 3. The molecule has 9 nitrogen and oxygen atoms in total. The smallest absolute Gasteiger partial charge is 0.414 e. The third-order valence-electron chi connectivity index (χ3n) is 3.08. The van der Waals surface area contributed by atoms with Crippen molar-refractivity contribution in [3.8, 4) is 0 Å². The first-order valence-electron chi connectivity index (χ1n) is 6.75. The van der Waals surface area contributed by atoms with Crippen LogP contribution in [0, 0.1) is 13.8 Å². The van der Waals surface area contributed by atoms with E-state index in [2.05, 4.69) is 25.4 Å². The summed E-state index contributed by atoms with van der Waals surface area (Å²) in [7, 11) is 0. The molecule has 2 N–H and O–H groups in total. The van der Waals surface area contributed by atoms with Gasteiger partial charge in [-0.05, 0) is 13.8 Å². The van der Waals surface area contributed by atoms with Gasteiger partial charge in [-0.3, -0.25) is 4.90 Å². The van der Waals surface area contributed by atoms with Gasteiger partial charge in [-0.1, -0.05) is 5.16 Å². The summed E-state index contributed by atoms with van der Waals surface area (Å²) in [6.07, 6.45) is 0. The highest BCUT2D eigenvalue weighted by Gasteiger charge is 2.32. The number of aryl methyl sites for hydroxylation is 2. The van der Waals surface area contributed by atoms with Gasteiger partial charge in [0, 0.05) is 25.0 Å². The number of nitrogens with zero attached hydrogens (tertiary/aromatic N) is 4. The predicted octanol–water partition coefficient (Wildman–Crippen LogP) is 0.898. The van der Waals surface area contributed by atoms with E-state index in [1.807, 2.05) is 13.8 Å². The molecule has 10 heteroatoms. The number of carbonyl (C=O) groups is 2. The molecule has 3 heterocycles. The molecule has 0 radical (unpaired) electrons. The van der Waals surface area contributed by atoms with Crippen molar-refractivity contribution in [1.29, 1.82) is 0 Å². The van der Waals surface area contributed by atoms with Crippen molar-refractivity contribution < 1.29 is 24.3 Å². The Morgan fingerprint density at radius 3 is 2.39 bits per heavy atom. The second-order valence-corrected chi connectivity index (χ2v) is 6.10. The molecule has 0 bridgehead atoms. The molecule has 0 amide bonds. The van der Waals surface area contributed by atoms with Crippen LogP contribution in [0.25, 0.3) is 0 Å². The molecular weight excluding hydrogens is 324 g/mol. The first-order valence-corrected chi connectivity index (χ1v) is 7.63. The molecule has 0 atom stereocenters. The van der Waals surface area contributed by atoms with E-state index in [0.717, 1.165) is 36.2 Å². The Hall–Kier alpha value is -2.33. The van der Waals surface area contributed by atoms with E-state index in [1.165, 1.54) is 0 Å². The number of aliphatic carboxylic acids is 2. The van der Waals surface area contributed by atoms with Gasteiger partial charge in [0.15, 0.2) is 5.82 Å². The van der Waals surface area contributed by atoms with Crippen molar-refractivity contribution in [1.82, 2.24) is 20.0 Å². The Morgan fingerprint density at radius 1 is 1.30 bits per heavy atom. The summed E-state index contributed by atoms with van der Waals surface area (Å²) >= 11 is 1.70. The van der Waals surface area contributed by atoms with E-state index in [9.17, 15) is 0 Å². The van der Waals surface area contributed by atoms with Gasteiger partial charge in [0.05, 0.1) is 16.6 Å². The van der Waals surface area contributed by atoms with Gasteiger partial charge in [-0.2, -0.15) is 4.98 Å². The average Bonchev–Trinajstić information content (AvgIpc) is 3.03. The van der Waals surface area contributed by atoms with Crippen molar-refractivity contribution >= 4 is 23.3 Å². The SMILES string of the molecule is Cc1noc(C2CN(Cc3csc(C)n3)C2)n1.O=C(O)C(=O)O. The van der Waals surface area contributed by atoms with Gasteiger partial charge >= 0.3 is 11.9 Å². The molecule has 23 heavy (non-hydrogen) atoms. The number of hydrogen-bond acceptors (Lipinski definition) is 8. The lowest BCUT2D eigenvalue weighted by atomic mass is 10.00. The quantitative estimate of drug-likeness (QED) is 0.782. The Morgan fingerprint density at radius 2 is 1.96 bits per heavy atom. The molecule has 1 aliphatic rings. The van der Waals surface area contributed by atoms with E-state index in [0.29, 0.717) is 11.7 Å². The van der Waals surface area contributed by atoms with Crippen molar-refractivity contribution in [2.24, 2.45) is 0 Å². The molecule has 0 aromatic carbocycles. The molecule has 0 saturated carbocycles. The molecule has 124 valence electrons. The first kappa shape index (κ1) is 17.0. The molecule has 3 rings (SSSR count). The lowest BCUT2D eigenvalue weighted by Crippen LogP contribution is -2.44. The molecule has 1 aliphatic heterocycles. The summed E-state index contributed by atoms with van der Waals surface area (Å²) in [5, 5.41) is 21.9. The minimum absolute atomic E-state index is 0.399. The van der Waals surface area contributed by atoms with Crippen LogP contribution in [-0.2, 0) is 16.1 Å². The molecule has 1 saturated heterocycles. The van der Waals surface area contributed by atoms with E-state index in [4.69, 9.17) is 24.3 Å². The summed E-state index contributed by atoms with van der Waals surface area (Å²) in [4.78, 5) is 29.3. The van der Waals surface area contributed by atoms with E-state index >= 15 is 0 Å². The van der Waals surface area contributed by atoms with E-state index < -0.39 is 11.9 Å². The van der Waals surface area contributed by atoms with Crippen LogP contribution in [0.3, 0.4) is 0 Å². The fourth-order valence-corrected chi connectivity index (χ4v) is 2.65. The fraction of sp³-hybridized carbons (Fsp3) is 0.462. The van der Waals surface area contributed by atoms with Crippen LogP contribution in [0.15, 0.2) is 9.90 Å². The van der Waals surface area contributed by atoms with Crippen LogP contribution in [0.4, 0.5) is 0 Å². The normalized spacial score (nSPS) is 14.7. The highest BCUT2D eigenvalue weighted by Crippen LogP contribution is 2.27. The maximum absolute atomic E-state index is 9.10. The number of thiazole rings is 1. The molecule has 2 aromatic rings. The molecule has 1 fully saturated rings. The monoisotopic (exact) mass is 340 g/mol. The zero-order chi connectivity index (χ0) is 17.0. The Balaban J connectivity index is 0.000000277. The van der Waals surface area contributed by atoms with Gasteiger partial charge in [-0.25, -0.2) is 14.6 Å². The van der Waals surface area contributed by atoms with Crippen molar-refractivity contribution in [2.75, 3.05) is 13.1 Å². The second-order valence-electron chi connectivity index (χ2n) is 5.04. The van der Waals surface area contributed by atoms with Crippen LogP contribution in [0.5, 0.6) is 0 Å². The van der Waals surface area contributed by atoms with Crippen molar-refractivity contribution in [3.63, 3.8) is 0 Å². The molecule has 0 unspecified atom stereocenters. The first-order chi connectivity index (χ1) is 10.8. The summed E-state index contributed by atoms with van der Waals surface area (Å²) in [5.74, 6) is -1.76. The lowest BCUT2D eigenvalue weighted by molar-refractivity contribution is -0.159. The van der Waals surface area contributed by atoms with Gasteiger partial charge in [-0.15, -0.1) is 11.3 Å². The Bertz CT molecular complexity index is 680. The van der Waals surface area contributed by atoms with Crippen LogP contribution in [-0.4, -0.2) is 55.3 Å². The van der Waals surface area contributed by atoms with Crippen LogP contribution in [0.1, 0.15) is 28.3 Å². The second kappa shape index (κ2) is 7.29. The molecular formula is C13H16N4O5S. The lowest BCUT2D eigenvalue weighted by Gasteiger charge is -2.36. The summed E-state index contributed by atoms with van der Waals surface area (Å²) in [6.45, 7) is 6.78. The topological polar surface area (TPSA) is 130 Å². The summed E-state index contributed by atoms with van der Waals surface area (Å²) < 4.78 is 5.17. The van der Waals surface area contributed by atoms with Gasteiger partial charge in [0.2, 0.25) is 5.89 Å². The number of likely N-dealkylation sites (tertiary alicyclic amines) is 1. The van der Waals surface area contributed by atoms with Crippen molar-refractivity contribution in [2.45, 2.75) is 26.3 Å².